The van der Waals surface area contributed by atoms with Gasteiger partial charge in [0.1, 0.15) is 0 Å². The Bertz CT molecular complexity index is 471. The standard InChI is InChI=1S/C19H27N/c1-18(2)13-17(14-19(3,4)15-18)20-12-8-11-16-9-6-5-7-10-16/h5-7,9-10,17,20H,12-15H2,1-4H3. The van der Waals surface area contributed by atoms with E-state index >= 15 is 0 Å². The molecule has 1 heteroatoms. The van der Waals surface area contributed by atoms with Crippen LogP contribution in [0.5, 0.6) is 0 Å². The van der Waals surface area contributed by atoms with E-state index in [1.54, 1.807) is 0 Å². The van der Waals surface area contributed by atoms with Gasteiger partial charge in [-0.25, -0.2) is 0 Å². The van der Waals surface area contributed by atoms with E-state index in [0.29, 0.717) is 16.9 Å². The molecule has 0 bridgehead atoms. The maximum absolute atomic E-state index is 3.63. The highest BCUT2D eigenvalue weighted by molar-refractivity contribution is 5.33. The molecule has 1 aliphatic carbocycles. The van der Waals surface area contributed by atoms with Crippen molar-refractivity contribution in [2.24, 2.45) is 10.8 Å². The molecule has 1 saturated carbocycles. The molecule has 0 amide bonds. The van der Waals surface area contributed by atoms with Gasteiger partial charge in [-0.05, 0) is 42.2 Å². The van der Waals surface area contributed by atoms with Crippen LogP contribution in [0, 0.1) is 22.7 Å². The Morgan fingerprint density at radius 1 is 1.05 bits per heavy atom. The molecule has 0 radical (unpaired) electrons. The third kappa shape index (κ3) is 4.69. The Labute approximate surface area is 124 Å². The summed E-state index contributed by atoms with van der Waals surface area (Å²) in [6.07, 6.45) is 3.82. The van der Waals surface area contributed by atoms with Gasteiger partial charge in [-0.2, -0.15) is 0 Å². The van der Waals surface area contributed by atoms with Gasteiger partial charge in [0.05, 0.1) is 6.54 Å². The summed E-state index contributed by atoms with van der Waals surface area (Å²) < 4.78 is 0. The predicted octanol–water partition coefficient (Wildman–Crippen LogP) is 4.23. The normalized spacial score (nSPS) is 21.0. The molecule has 1 aromatic rings. The van der Waals surface area contributed by atoms with E-state index in [-0.39, 0.29) is 0 Å². The van der Waals surface area contributed by atoms with E-state index in [1.807, 2.05) is 18.2 Å². The number of rotatable bonds is 2. The lowest BCUT2D eigenvalue weighted by Crippen LogP contribution is -2.44. The van der Waals surface area contributed by atoms with Crippen molar-refractivity contribution in [2.75, 3.05) is 6.54 Å². The highest BCUT2D eigenvalue weighted by Crippen LogP contribution is 2.45. The summed E-state index contributed by atoms with van der Waals surface area (Å²) in [5, 5.41) is 3.63. The van der Waals surface area contributed by atoms with Crippen molar-refractivity contribution in [1.82, 2.24) is 5.32 Å². The smallest absolute Gasteiger partial charge is 0.0582 e. The van der Waals surface area contributed by atoms with Gasteiger partial charge in [0, 0.05) is 11.6 Å². The average Bonchev–Trinajstić information content (AvgIpc) is 2.32. The van der Waals surface area contributed by atoms with Crippen molar-refractivity contribution in [2.45, 2.75) is 53.0 Å². The van der Waals surface area contributed by atoms with E-state index in [4.69, 9.17) is 0 Å². The Morgan fingerprint density at radius 2 is 1.65 bits per heavy atom. The van der Waals surface area contributed by atoms with Crippen LogP contribution < -0.4 is 5.32 Å². The first-order valence-corrected chi connectivity index (χ1v) is 7.64. The fourth-order valence-electron chi connectivity index (χ4n) is 3.85. The van der Waals surface area contributed by atoms with Crippen LogP contribution in [0.4, 0.5) is 0 Å². The minimum Gasteiger partial charge on any atom is -0.303 e. The number of benzene rings is 1. The van der Waals surface area contributed by atoms with Crippen molar-refractivity contribution in [3.8, 4) is 11.8 Å². The average molecular weight is 269 g/mol. The molecule has 0 spiro atoms. The van der Waals surface area contributed by atoms with Gasteiger partial charge in [0.2, 0.25) is 0 Å². The van der Waals surface area contributed by atoms with Crippen molar-refractivity contribution < 1.29 is 0 Å². The highest BCUT2D eigenvalue weighted by atomic mass is 14.9. The fraction of sp³-hybridized carbons (Fsp3) is 0.579. The third-order valence-electron chi connectivity index (χ3n) is 4.04. The molecule has 0 atom stereocenters. The first-order valence-electron chi connectivity index (χ1n) is 7.64. The maximum Gasteiger partial charge on any atom is 0.0582 e. The topological polar surface area (TPSA) is 12.0 Å². The van der Waals surface area contributed by atoms with Crippen LogP contribution in [0.1, 0.15) is 52.5 Å². The van der Waals surface area contributed by atoms with Crippen LogP contribution in [-0.4, -0.2) is 12.6 Å². The molecule has 1 nitrogen and oxygen atoms in total. The molecule has 1 N–H and O–H groups in total. The van der Waals surface area contributed by atoms with Crippen molar-refractivity contribution in [3.63, 3.8) is 0 Å². The zero-order valence-electron chi connectivity index (χ0n) is 13.3. The number of hydrogen-bond donors (Lipinski definition) is 1. The summed E-state index contributed by atoms with van der Waals surface area (Å²) >= 11 is 0. The molecule has 1 aromatic carbocycles. The molecule has 108 valence electrons. The van der Waals surface area contributed by atoms with Crippen LogP contribution in [0.2, 0.25) is 0 Å². The minimum atomic E-state index is 0.437. The van der Waals surface area contributed by atoms with Crippen molar-refractivity contribution in [3.05, 3.63) is 35.9 Å². The molecular formula is C19H27N. The van der Waals surface area contributed by atoms with Gasteiger partial charge >= 0.3 is 0 Å². The van der Waals surface area contributed by atoms with E-state index in [2.05, 4.69) is 57.0 Å². The number of nitrogens with one attached hydrogen (secondary N) is 1. The first kappa shape index (κ1) is 15.1. The SMILES string of the molecule is CC1(C)CC(NCC#Cc2ccccc2)CC(C)(C)C1. The van der Waals surface area contributed by atoms with Gasteiger partial charge in [0.25, 0.3) is 0 Å². The van der Waals surface area contributed by atoms with E-state index < -0.39 is 0 Å². The molecular weight excluding hydrogens is 242 g/mol. The zero-order chi connectivity index (χ0) is 14.6. The Kier molecular flexibility index (Phi) is 4.55. The Balaban J connectivity index is 1.87. The number of hydrogen-bond acceptors (Lipinski definition) is 1. The predicted molar refractivity (Wildman–Crippen MR) is 86.5 cm³/mol. The van der Waals surface area contributed by atoms with Crippen LogP contribution in [0.15, 0.2) is 30.3 Å². The molecule has 20 heavy (non-hydrogen) atoms. The van der Waals surface area contributed by atoms with Crippen LogP contribution in [0.3, 0.4) is 0 Å². The van der Waals surface area contributed by atoms with Gasteiger partial charge in [0.15, 0.2) is 0 Å². The van der Waals surface area contributed by atoms with Crippen LogP contribution >= 0.6 is 0 Å². The lowest BCUT2D eigenvalue weighted by Gasteiger charge is -2.45. The summed E-state index contributed by atoms with van der Waals surface area (Å²) in [4.78, 5) is 0. The van der Waals surface area contributed by atoms with Gasteiger partial charge in [-0.3, -0.25) is 0 Å². The van der Waals surface area contributed by atoms with Crippen LogP contribution in [0.25, 0.3) is 0 Å². The third-order valence-corrected chi connectivity index (χ3v) is 4.04. The van der Waals surface area contributed by atoms with Crippen LogP contribution in [-0.2, 0) is 0 Å². The first-order chi connectivity index (χ1) is 9.36. The van der Waals surface area contributed by atoms with Crippen molar-refractivity contribution in [1.29, 1.82) is 0 Å². The van der Waals surface area contributed by atoms with Gasteiger partial charge < -0.3 is 5.32 Å². The largest absolute Gasteiger partial charge is 0.303 e. The quantitative estimate of drug-likeness (QED) is 0.792. The van der Waals surface area contributed by atoms with E-state index in [1.165, 1.54) is 19.3 Å². The van der Waals surface area contributed by atoms with Crippen molar-refractivity contribution >= 4 is 0 Å². The summed E-state index contributed by atoms with van der Waals surface area (Å²) in [6.45, 7) is 10.3. The second-order valence-corrected chi connectivity index (χ2v) is 7.66. The fourth-order valence-corrected chi connectivity index (χ4v) is 3.85. The molecule has 1 aliphatic rings. The molecule has 0 heterocycles. The Hall–Kier alpha value is -1.26. The molecule has 2 rings (SSSR count). The van der Waals surface area contributed by atoms with E-state index in [9.17, 15) is 0 Å². The molecule has 0 unspecified atom stereocenters. The second kappa shape index (κ2) is 6.02. The molecule has 0 aromatic heterocycles. The summed E-state index contributed by atoms with van der Waals surface area (Å²) in [5.74, 6) is 6.46. The maximum atomic E-state index is 3.63. The highest BCUT2D eigenvalue weighted by Gasteiger charge is 2.37. The summed E-state index contributed by atoms with van der Waals surface area (Å²) in [5.41, 5.74) is 1.97. The molecule has 0 aliphatic heterocycles. The zero-order valence-corrected chi connectivity index (χ0v) is 13.3. The summed E-state index contributed by atoms with van der Waals surface area (Å²) in [6, 6.07) is 10.8. The summed E-state index contributed by atoms with van der Waals surface area (Å²) in [7, 11) is 0. The molecule has 0 saturated heterocycles. The van der Waals surface area contributed by atoms with Gasteiger partial charge in [-0.1, -0.05) is 57.7 Å². The van der Waals surface area contributed by atoms with E-state index in [0.717, 1.165) is 12.1 Å². The lowest BCUT2D eigenvalue weighted by molar-refractivity contribution is 0.0868. The van der Waals surface area contributed by atoms with Gasteiger partial charge in [-0.15, -0.1) is 0 Å². The second-order valence-electron chi connectivity index (χ2n) is 7.66. The Morgan fingerprint density at radius 3 is 2.25 bits per heavy atom. The molecule has 1 fully saturated rings. The lowest BCUT2D eigenvalue weighted by atomic mass is 9.63. The minimum absolute atomic E-state index is 0.437. The monoisotopic (exact) mass is 269 g/mol.